The number of aliphatic hydroxyl groups is 1. The Labute approximate surface area is 165 Å². The Morgan fingerprint density at radius 3 is 2.66 bits per heavy atom. The van der Waals surface area contributed by atoms with Gasteiger partial charge in [0.2, 0.25) is 0 Å². The normalized spacial score (nSPS) is 11.2. The standard InChI is InChI=1S/C21H16N6O2/c28-12-14-5-7-15(8-6-14)18-11-23-21-25-24-20(27(21)26-18)13-29-19-9-10-22-17-4-2-1-3-16(17)19/h1-11,28H,12-13H2. The molecule has 3 aromatic heterocycles. The zero-order chi connectivity index (χ0) is 19.6. The Balaban J connectivity index is 1.45. The van der Waals surface area contributed by atoms with Crippen molar-refractivity contribution in [1.82, 2.24) is 29.8 Å². The van der Waals surface area contributed by atoms with Crippen LogP contribution in [0.4, 0.5) is 0 Å². The first kappa shape index (κ1) is 17.2. The maximum absolute atomic E-state index is 9.20. The van der Waals surface area contributed by atoms with E-state index in [2.05, 4.69) is 25.3 Å². The topological polar surface area (TPSA) is 98.3 Å². The number of benzene rings is 2. The summed E-state index contributed by atoms with van der Waals surface area (Å²) in [7, 11) is 0. The van der Waals surface area contributed by atoms with E-state index < -0.39 is 0 Å². The molecule has 2 aromatic carbocycles. The quantitative estimate of drug-likeness (QED) is 0.497. The van der Waals surface area contributed by atoms with Crippen LogP contribution >= 0.6 is 0 Å². The Bertz CT molecular complexity index is 1290. The van der Waals surface area contributed by atoms with Crippen LogP contribution < -0.4 is 4.74 Å². The van der Waals surface area contributed by atoms with Crippen molar-refractivity contribution in [3.63, 3.8) is 0 Å². The molecule has 0 fully saturated rings. The van der Waals surface area contributed by atoms with Gasteiger partial charge in [0.05, 0.1) is 18.3 Å². The monoisotopic (exact) mass is 384 g/mol. The van der Waals surface area contributed by atoms with Crippen molar-refractivity contribution >= 4 is 16.7 Å². The van der Waals surface area contributed by atoms with Gasteiger partial charge in [-0.3, -0.25) is 4.98 Å². The highest BCUT2D eigenvalue weighted by Gasteiger charge is 2.12. The van der Waals surface area contributed by atoms with Crippen LogP contribution in [-0.4, -0.2) is 34.9 Å². The van der Waals surface area contributed by atoms with E-state index in [-0.39, 0.29) is 13.2 Å². The Hall–Kier alpha value is -3.91. The third-order valence-electron chi connectivity index (χ3n) is 4.60. The maximum Gasteiger partial charge on any atom is 0.272 e. The molecule has 1 N–H and O–H groups in total. The van der Waals surface area contributed by atoms with Crippen LogP contribution in [0.3, 0.4) is 0 Å². The summed E-state index contributed by atoms with van der Waals surface area (Å²) < 4.78 is 7.57. The third kappa shape index (κ3) is 3.26. The molecule has 0 unspecified atom stereocenters. The molecular formula is C21H16N6O2. The van der Waals surface area contributed by atoms with E-state index in [4.69, 9.17) is 4.74 Å². The van der Waals surface area contributed by atoms with Crippen molar-refractivity contribution in [3.05, 3.63) is 78.4 Å². The van der Waals surface area contributed by atoms with Crippen molar-refractivity contribution in [2.75, 3.05) is 0 Å². The van der Waals surface area contributed by atoms with Crippen LogP contribution in [0.5, 0.6) is 5.75 Å². The van der Waals surface area contributed by atoms with Gasteiger partial charge in [-0.2, -0.15) is 9.61 Å². The lowest BCUT2D eigenvalue weighted by Crippen LogP contribution is -2.06. The van der Waals surface area contributed by atoms with Gasteiger partial charge in [0.25, 0.3) is 5.78 Å². The summed E-state index contributed by atoms with van der Waals surface area (Å²) in [5, 5.41) is 23.0. The summed E-state index contributed by atoms with van der Waals surface area (Å²) in [6, 6.07) is 17.1. The summed E-state index contributed by atoms with van der Waals surface area (Å²) in [6.07, 6.45) is 3.37. The molecule has 0 aliphatic carbocycles. The van der Waals surface area contributed by atoms with Crippen LogP contribution in [-0.2, 0) is 13.2 Å². The fraction of sp³-hybridized carbons (Fsp3) is 0.0952. The molecule has 29 heavy (non-hydrogen) atoms. The molecule has 5 aromatic rings. The molecule has 5 rings (SSSR count). The molecule has 8 nitrogen and oxygen atoms in total. The Morgan fingerprint density at radius 2 is 1.79 bits per heavy atom. The number of para-hydroxylation sites is 1. The minimum atomic E-state index is 0.00160. The summed E-state index contributed by atoms with van der Waals surface area (Å²) >= 11 is 0. The van der Waals surface area contributed by atoms with E-state index >= 15 is 0 Å². The predicted molar refractivity (Wildman–Crippen MR) is 106 cm³/mol. The minimum Gasteiger partial charge on any atom is -0.485 e. The average molecular weight is 384 g/mol. The number of rotatable bonds is 5. The zero-order valence-corrected chi connectivity index (χ0v) is 15.3. The van der Waals surface area contributed by atoms with E-state index in [1.165, 1.54) is 0 Å². The predicted octanol–water partition coefficient (Wildman–Crippen LogP) is 2.81. The molecule has 3 heterocycles. The number of aliphatic hydroxyl groups excluding tert-OH is 1. The zero-order valence-electron chi connectivity index (χ0n) is 15.3. The molecule has 142 valence electrons. The van der Waals surface area contributed by atoms with Crippen LogP contribution in [0.2, 0.25) is 0 Å². The molecule has 0 atom stereocenters. The fourth-order valence-corrected chi connectivity index (χ4v) is 3.08. The van der Waals surface area contributed by atoms with E-state index in [9.17, 15) is 5.11 Å². The second kappa shape index (κ2) is 7.25. The van der Waals surface area contributed by atoms with Crippen molar-refractivity contribution in [3.8, 4) is 17.0 Å². The smallest absolute Gasteiger partial charge is 0.272 e. The van der Waals surface area contributed by atoms with Gasteiger partial charge in [0, 0.05) is 17.1 Å². The average Bonchev–Trinajstić information content (AvgIpc) is 3.20. The van der Waals surface area contributed by atoms with Crippen LogP contribution in [0, 0.1) is 0 Å². The number of nitrogens with zero attached hydrogens (tertiary/aromatic N) is 6. The molecule has 0 aliphatic heterocycles. The summed E-state index contributed by atoms with van der Waals surface area (Å²) in [4.78, 5) is 8.68. The van der Waals surface area contributed by atoms with Gasteiger partial charge in [-0.25, -0.2) is 4.98 Å². The molecule has 0 radical (unpaired) electrons. The number of fused-ring (bicyclic) bond motifs is 2. The van der Waals surface area contributed by atoms with Crippen molar-refractivity contribution in [2.45, 2.75) is 13.2 Å². The lowest BCUT2D eigenvalue weighted by atomic mass is 10.1. The second-order valence-electron chi connectivity index (χ2n) is 6.44. The van der Waals surface area contributed by atoms with Crippen LogP contribution in [0.1, 0.15) is 11.4 Å². The van der Waals surface area contributed by atoms with Gasteiger partial charge in [0.1, 0.15) is 18.1 Å². The Kier molecular flexibility index (Phi) is 4.30. The van der Waals surface area contributed by atoms with Gasteiger partial charge < -0.3 is 9.84 Å². The lowest BCUT2D eigenvalue weighted by molar-refractivity contribution is 0.282. The molecule has 0 saturated heterocycles. The highest BCUT2D eigenvalue weighted by atomic mass is 16.5. The van der Waals surface area contributed by atoms with Gasteiger partial charge >= 0.3 is 0 Å². The number of aromatic nitrogens is 6. The van der Waals surface area contributed by atoms with Crippen molar-refractivity contribution in [2.24, 2.45) is 0 Å². The van der Waals surface area contributed by atoms with Gasteiger partial charge in [-0.15, -0.1) is 10.2 Å². The van der Waals surface area contributed by atoms with Crippen molar-refractivity contribution in [1.29, 1.82) is 0 Å². The molecule has 0 amide bonds. The van der Waals surface area contributed by atoms with Crippen LogP contribution in [0.15, 0.2) is 67.0 Å². The SMILES string of the molecule is OCc1ccc(-c2cnc3nnc(COc4ccnc5ccccc45)n3n2)cc1. The summed E-state index contributed by atoms with van der Waals surface area (Å²) in [5.74, 6) is 1.66. The number of hydrogen-bond acceptors (Lipinski definition) is 7. The molecule has 0 bridgehead atoms. The maximum atomic E-state index is 9.20. The second-order valence-corrected chi connectivity index (χ2v) is 6.44. The first-order chi connectivity index (χ1) is 14.3. The summed E-state index contributed by atoms with van der Waals surface area (Å²) in [6.45, 7) is 0.193. The largest absolute Gasteiger partial charge is 0.485 e. The molecule has 0 aliphatic rings. The molecular weight excluding hydrogens is 368 g/mol. The minimum absolute atomic E-state index is 0.00160. The molecule has 8 heteroatoms. The van der Waals surface area contributed by atoms with Gasteiger partial charge in [0.15, 0.2) is 5.82 Å². The van der Waals surface area contributed by atoms with Crippen molar-refractivity contribution < 1.29 is 9.84 Å². The van der Waals surface area contributed by atoms with Gasteiger partial charge in [-0.05, 0) is 23.8 Å². The first-order valence-corrected chi connectivity index (χ1v) is 9.06. The first-order valence-electron chi connectivity index (χ1n) is 9.06. The Morgan fingerprint density at radius 1 is 0.931 bits per heavy atom. The molecule has 0 spiro atoms. The number of hydrogen-bond donors (Lipinski definition) is 1. The third-order valence-corrected chi connectivity index (χ3v) is 4.60. The van der Waals surface area contributed by atoms with E-state index in [1.807, 2.05) is 54.6 Å². The lowest BCUT2D eigenvalue weighted by Gasteiger charge is -2.08. The molecule has 0 saturated carbocycles. The van der Waals surface area contributed by atoms with Crippen LogP contribution in [0.25, 0.3) is 27.9 Å². The number of pyridine rings is 1. The highest BCUT2D eigenvalue weighted by molar-refractivity contribution is 5.84. The van der Waals surface area contributed by atoms with E-state index in [1.54, 1.807) is 16.9 Å². The summed E-state index contributed by atoms with van der Waals surface area (Å²) in [5.41, 5.74) is 3.27. The highest BCUT2D eigenvalue weighted by Crippen LogP contribution is 2.24. The van der Waals surface area contributed by atoms with Gasteiger partial charge in [-0.1, -0.05) is 36.4 Å². The number of ether oxygens (including phenoxy) is 1. The van der Waals surface area contributed by atoms with E-state index in [0.29, 0.717) is 17.3 Å². The van der Waals surface area contributed by atoms with E-state index in [0.717, 1.165) is 27.8 Å². The fourth-order valence-electron chi connectivity index (χ4n) is 3.08.